The number of halogens is 2. The molecule has 96 valence electrons. The summed E-state index contributed by atoms with van der Waals surface area (Å²) in [5.41, 5.74) is 9.49. The summed E-state index contributed by atoms with van der Waals surface area (Å²) in [6.45, 7) is 0. The van der Waals surface area contributed by atoms with Gasteiger partial charge in [0.15, 0.2) is 5.82 Å². The average Bonchev–Trinajstić information content (AvgIpc) is 2.97. The van der Waals surface area contributed by atoms with Crippen molar-refractivity contribution in [3.63, 3.8) is 0 Å². The molecule has 0 spiro atoms. The molecule has 1 aromatic carbocycles. The SMILES string of the molecule is Nc1n[nH]c(-c2csc(I)c2)c1-c1ccc(F)cc1. The predicted molar refractivity (Wildman–Crippen MR) is 84.4 cm³/mol. The summed E-state index contributed by atoms with van der Waals surface area (Å²) < 4.78 is 14.2. The average molecular weight is 385 g/mol. The molecule has 2 heterocycles. The first-order chi connectivity index (χ1) is 9.15. The monoisotopic (exact) mass is 385 g/mol. The number of anilines is 1. The topological polar surface area (TPSA) is 54.7 Å². The van der Waals surface area contributed by atoms with Gasteiger partial charge < -0.3 is 5.73 Å². The minimum absolute atomic E-state index is 0.266. The number of benzene rings is 1. The van der Waals surface area contributed by atoms with E-state index in [4.69, 9.17) is 5.73 Å². The van der Waals surface area contributed by atoms with Crippen LogP contribution in [0.1, 0.15) is 0 Å². The molecule has 3 rings (SSSR count). The number of nitrogens with zero attached hydrogens (tertiary/aromatic N) is 1. The first kappa shape index (κ1) is 12.6. The van der Waals surface area contributed by atoms with Gasteiger partial charge in [0.25, 0.3) is 0 Å². The highest BCUT2D eigenvalue weighted by Gasteiger charge is 2.15. The number of aromatic amines is 1. The van der Waals surface area contributed by atoms with Crippen LogP contribution in [0.2, 0.25) is 0 Å². The van der Waals surface area contributed by atoms with E-state index < -0.39 is 0 Å². The Kier molecular flexibility index (Phi) is 3.28. The van der Waals surface area contributed by atoms with E-state index in [1.165, 1.54) is 15.0 Å². The van der Waals surface area contributed by atoms with E-state index in [0.29, 0.717) is 5.82 Å². The molecular formula is C13H9FIN3S. The second-order valence-corrected chi connectivity index (χ2v) is 6.81. The van der Waals surface area contributed by atoms with Crippen molar-refractivity contribution < 1.29 is 4.39 Å². The van der Waals surface area contributed by atoms with Gasteiger partial charge in [-0.05, 0) is 46.4 Å². The Morgan fingerprint density at radius 2 is 1.95 bits per heavy atom. The number of rotatable bonds is 2. The van der Waals surface area contributed by atoms with Crippen LogP contribution in [0.3, 0.4) is 0 Å². The van der Waals surface area contributed by atoms with Gasteiger partial charge in [-0.1, -0.05) is 12.1 Å². The van der Waals surface area contributed by atoms with Crippen molar-refractivity contribution in [2.45, 2.75) is 0 Å². The number of nitrogens with one attached hydrogen (secondary N) is 1. The third-order valence-corrected chi connectivity index (χ3v) is 4.57. The number of H-pyrrole nitrogens is 1. The molecule has 0 aliphatic carbocycles. The third kappa shape index (κ3) is 2.37. The van der Waals surface area contributed by atoms with Crippen molar-refractivity contribution in [2.24, 2.45) is 0 Å². The van der Waals surface area contributed by atoms with Gasteiger partial charge in [-0.2, -0.15) is 5.10 Å². The zero-order valence-electron chi connectivity index (χ0n) is 9.65. The Labute approximate surface area is 126 Å². The highest BCUT2D eigenvalue weighted by Crippen LogP contribution is 2.36. The Balaban J connectivity index is 2.16. The molecule has 3 aromatic rings. The van der Waals surface area contributed by atoms with Crippen molar-refractivity contribution in [3.8, 4) is 22.4 Å². The fraction of sp³-hybridized carbons (Fsp3) is 0. The molecular weight excluding hydrogens is 376 g/mol. The standard InChI is InChI=1S/C13H9FIN3S/c14-9-3-1-7(2-4-9)11-12(17-18-13(11)16)8-5-10(15)19-6-8/h1-6H,(H3,16,17,18). The van der Waals surface area contributed by atoms with Gasteiger partial charge in [0.2, 0.25) is 0 Å². The highest BCUT2D eigenvalue weighted by atomic mass is 127. The fourth-order valence-corrected chi connectivity index (χ4v) is 3.25. The second-order valence-electron chi connectivity index (χ2n) is 4.01. The van der Waals surface area contributed by atoms with Crippen LogP contribution >= 0.6 is 33.9 Å². The molecule has 0 amide bonds. The van der Waals surface area contributed by atoms with Gasteiger partial charge in [-0.15, -0.1) is 11.3 Å². The van der Waals surface area contributed by atoms with Crippen LogP contribution in [-0.4, -0.2) is 10.2 Å². The lowest BCUT2D eigenvalue weighted by Gasteiger charge is -2.03. The molecule has 0 unspecified atom stereocenters. The second kappa shape index (κ2) is 4.93. The van der Waals surface area contributed by atoms with Crippen LogP contribution in [0.4, 0.5) is 10.2 Å². The molecule has 0 aliphatic rings. The minimum Gasteiger partial charge on any atom is -0.382 e. The summed E-state index contributed by atoms with van der Waals surface area (Å²) in [7, 11) is 0. The molecule has 3 nitrogen and oxygen atoms in total. The number of hydrogen-bond acceptors (Lipinski definition) is 3. The van der Waals surface area contributed by atoms with Crippen LogP contribution in [0, 0.1) is 8.70 Å². The van der Waals surface area contributed by atoms with E-state index in [-0.39, 0.29) is 5.82 Å². The molecule has 3 N–H and O–H groups in total. The fourth-order valence-electron chi connectivity index (χ4n) is 1.91. The summed E-state index contributed by atoms with van der Waals surface area (Å²) in [6.07, 6.45) is 0. The first-order valence-corrected chi connectivity index (χ1v) is 7.45. The Morgan fingerprint density at radius 3 is 2.58 bits per heavy atom. The van der Waals surface area contributed by atoms with E-state index >= 15 is 0 Å². The van der Waals surface area contributed by atoms with Gasteiger partial charge in [-0.25, -0.2) is 4.39 Å². The van der Waals surface area contributed by atoms with Gasteiger partial charge >= 0.3 is 0 Å². The van der Waals surface area contributed by atoms with E-state index in [1.807, 2.05) is 5.38 Å². The summed E-state index contributed by atoms with van der Waals surface area (Å²) in [5, 5.41) is 9.06. The van der Waals surface area contributed by atoms with Crippen molar-refractivity contribution in [3.05, 3.63) is 44.4 Å². The van der Waals surface area contributed by atoms with Crippen LogP contribution in [0.25, 0.3) is 22.4 Å². The number of nitrogen functional groups attached to an aromatic ring is 1. The van der Waals surface area contributed by atoms with Gasteiger partial charge in [0, 0.05) is 10.9 Å². The molecule has 0 bridgehead atoms. The molecule has 0 fully saturated rings. The van der Waals surface area contributed by atoms with Crippen LogP contribution < -0.4 is 5.73 Å². The van der Waals surface area contributed by atoms with Crippen molar-refractivity contribution >= 4 is 39.7 Å². The maximum atomic E-state index is 13.0. The number of thiophene rings is 1. The zero-order valence-corrected chi connectivity index (χ0v) is 12.6. The lowest BCUT2D eigenvalue weighted by molar-refractivity contribution is 0.628. The number of nitrogens with two attached hydrogens (primary N) is 1. The van der Waals surface area contributed by atoms with Crippen molar-refractivity contribution in [1.82, 2.24) is 10.2 Å². The van der Waals surface area contributed by atoms with E-state index in [0.717, 1.165) is 22.4 Å². The zero-order chi connectivity index (χ0) is 13.4. The highest BCUT2D eigenvalue weighted by molar-refractivity contribution is 14.1. The smallest absolute Gasteiger partial charge is 0.153 e. The summed E-state index contributed by atoms with van der Waals surface area (Å²) in [4.78, 5) is 0. The molecule has 0 atom stereocenters. The summed E-state index contributed by atoms with van der Waals surface area (Å²) in [5.74, 6) is 0.153. The first-order valence-electron chi connectivity index (χ1n) is 5.49. The van der Waals surface area contributed by atoms with Gasteiger partial charge in [0.1, 0.15) is 5.82 Å². The van der Waals surface area contributed by atoms with E-state index in [1.54, 1.807) is 23.5 Å². The lowest BCUT2D eigenvalue weighted by atomic mass is 10.0. The maximum absolute atomic E-state index is 13.0. The maximum Gasteiger partial charge on any atom is 0.153 e. The predicted octanol–water partition coefficient (Wildman–Crippen LogP) is 4.13. The molecule has 6 heteroatoms. The van der Waals surface area contributed by atoms with Gasteiger partial charge in [-0.3, -0.25) is 5.10 Å². The molecule has 0 aliphatic heterocycles. The quantitative estimate of drug-likeness (QED) is 0.652. The molecule has 0 saturated heterocycles. The van der Waals surface area contributed by atoms with Crippen molar-refractivity contribution in [1.29, 1.82) is 0 Å². The number of aromatic nitrogens is 2. The van der Waals surface area contributed by atoms with E-state index in [2.05, 4.69) is 38.9 Å². The Morgan fingerprint density at radius 1 is 1.21 bits per heavy atom. The molecule has 19 heavy (non-hydrogen) atoms. The summed E-state index contributed by atoms with van der Waals surface area (Å²) in [6, 6.07) is 8.31. The number of hydrogen-bond donors (Lipinski definition) is 2. The largest absolute Gasteiger partial charge is 0.382 e. The lowest BCUT2D eigenvalue weighted by Crippen LogP contribution is -1.88. The van der Waals surface area contributed by atoms with Gasteiger partial charge in [0.05, 0.1) is 14.1 Å². The van der Waals surface area contributed by atoms with Crippen LogP contribution in [0.5, 0.6) is 0 Å². The molecule has 0 radical (unpaired) electrons. The van der Waals surface area contributed by atoms with Crippen molar-refractivity contribution in [2.75, 3.05) is 5.73 Å². The van der Waals surface area contributed by atoms with Crippen LogP contribution in [0.15, 0.2) is 35.7 Å². The molecule has 0 saturated carbocycles. The molecule has 2 aromatic heterocycles. The summed E-state index contributed by atoms with van der Waals surface area (Å²) >= 11 is 3.92. The minimum atomic E-state index is -0.266. The van der Waals surface area contributed by atoms with Crippen LogP contribution in [-0.2, 0) is 0 Å². The third-order valence-electron chi connectivity index (χ3n) is 2.78. The Hall–Kier alpha value is -1.41. The Bertz CT molecular complexity index is 718. The normalized spacial score (nSPS) is 10.8. The van der Waals surface area contributed by atoms with E-state index in [9.17, 15) is 4.39 Å².